The molecule has 3 aromatic carbocycles. The molecule has 4 aromatic rings. The van der Waals surface area contributed by atoms with Crippen LogP contribution in [0.4, 0.5) is 4.39 Å². The van der Waals surface area contributed by atoms with E-state index in [1.54, 1.807) is 36.4 Å². The lowest BCUT2D eigenvalue weighted by atomic mass is 9.97. The fourth-order valence-corrected chi connectivity index (χ4v) is 7.71. The third-order valence-corrected chi connectivity index (χ3v) is 9.05. The van der Waals surface area contributed by atoms with E-state index in [0.29, 0.717) is 50.9 Å². The summed E-state index contributed by atoms with van der Waals surface area (Å²) in [7, 11) is 1.29. The van der Waals surface area contributed by atoms with Crippen molar-refractivity contribution in [3.05, 3.63) is 116 Å². The molecule has 0 bridgehead atoms. The molecule has 1 atom stereocenters. The van der Waals surface area contributed by atoms with Gasteiger partial charge in [-0.1, -0.05) is 29.5 Å². The van der Waals surface area contributed by atoms with Gasteiger partial charge in [-0.05, 0) is 113 Å². The van der Waals surface area contributed by atoms with Gasteiger partial charge in [0.05, 0.1) is 40.0 Å². The predicted molar refractivity (Wildman–Crippen MR) is 183 cm³/mol. The first-order chi connectivity index (χ1) is 21.2. The van der Waals surface area contributed by atoms with Crippen LogP contribution in [0.25, 0.3) is 6.08 Å². The number of carbonyl (C=O) groups is 1. The van der Waals surface area contributed by atoms with Gasteiger partial charge in [0.2, 0.25) is 0 Å². The van der Waals surface area contributed by atoms with Gasteiger partial charge < -0.3 is 18.9 Å². The molecule has 44 heavy (non-hydrogen) atoms. The second kappa shape index (κ2) is 14.2. The van der Waals surface area contributed by atoms with E-state index in [9.17, 15) is 14.0 Å². The monoisotopic (exact) mass is 840 g/mol. The Balaban J connectivity index is 1.62. The Bertz CT molecular complexity index is 1920. The molecule has 228 valence electrons. The molecule has 1 aliphatic rings. The van der Waals surface area contributed by atoms with E-state index in [-0.39, 0.29) is 23.6 Å². The zero-order chi connectivity index (χ0) is 31.4. The number of ether oxygens (including phenoxy) is 4. The number of thiazole rings is 1. The van der Waals surface area contributed by atoms with Gasteiger partial charge in [-0.15, -0.1) is 0 Å². The Morgan fingerprint density at radius 3 is 2.45 bits per heavy atom. The Morgan fingerprint density at radius 1 is 1.02 bits per heavy atom. The number of carbonyl (C=O) groups excluding carboxylic acids is 1. The summed E-state index contributed by atoms with van der Waals surface area (Å²) in [5.74, 6) is 0.758. The normalized spacial score (nSPS) is 14.4. The summed E-state index contributed by atoms with van der Waals surface area (Å²) in [5, 5.41) is 0. The first kappa shape index (κ1) is 32.2. The van der Waals surface area contributed by atoms with Crippen LogP contribution in [0.5, 0.6) is 17.2 Å². The zero-order valence-corrected chi connectivity index (χ0v) is 29.1. The number of halogens is 3. The Morgan fingerprint density at radius 2 is 1.75 bits per heavy atom. The maximum Gasteiger partial charge on any atom is 0.337 e. The van der Waals surface area contributed by atoms with Crippen LogP contribution in [0.1, 0.15) is 36.6 Å². The first-order valence-corrected chi connectivity index (χ1v) is 16.6. The van der Waals surface area contributed by atoms with Crippen molar-refractivity contribution in [2.24, 2.45) is 4.99 Å². The van der Waals surface area contributed by atoms with Crippen molar-refractivity contribution < 1.29 is 28.1 Å². The quantitative estimate of drug-likeness (QED) is 0.150. The molecule has 1 aromatic heterocycles. The number of fused-ring (bicyclic) bond motifs is 1. The van der Waals surface area contributed by atoms with E-state index in [1.807, 2.05) is 26.0 Å². The first-order valence-electron chi connectivity index (χ1n) is 13.6. The molecule has 1 aliphatic heterocycles. The summed E-state index contributed by atoms with van der Waals surface area (Å²) in [6.07, 6.45) is 3.23. The Kier molecular flexibility index (Phi) is 10.4. The summed E-state index contributed by atoms with van der Waals surface area (Å²) in [4.78, 5) is 31.9. The third-order valence-electron chi connectivity index (χ3n) is 6.63. The van der Waals surface area contributed by atoms with Gasteiger partial charge >= 0.3 is 5.97 Å². The highest BCUT2D eigenvalue weighted by Gasteiger charge is 2.31. The summed E-state index contributed by atoms with van der Waals surface area (Å²) in [6.45, 7) is 4.84. The molecule has 0 N–H and O–H groups in total. The van der Waals surface area contributed by atoms with Crippen LogP contribution in [0.15, 0.2) is 76.2 Å². The second-order valence-electron chi connectivity index (χ2n) is 9.47. The lowest BCUT2D eigenvalue weighted by Crippen LogP contribution is -2.39. The number of hydrogen-bond donors (Lipinski definition) is 0. The van der Waals surface area contributed by atoms with E-state index >= 15 is 0 Å². The van der Waals surface area contributed by atoms with E-state index in [0.717, 1.165) is 12.7 Å². The van der Waals surface area contributed by atoms with Gasteiger partial charge in [-0.3, -0.25) is 9.36 Å². The SMILES string of the molecule is CCOc1ccc([C@@H]2C(C(=O)OC)=CN=c3s/c(=C/c4cc(I)cc(I)c4OCc4ccc(F)cc4)c(=O)n32)cc1OCC. The van der Waals surface area contributed by atoms with Crippen LogP contribution < -0.4 is 29.1 Å². The molecule has 0 radical (unpaired) electrons. The molecular formula is C32H27FI2N2O6S. The zero-order valence-electron chi connectivity index (χ0n) is 23.9. The van der Waals surface area contributed by atoms with Crippen molar-refractivity contribution in [1.82, 2.24) is 4.57 Å². The van der Waals surface area contributed by atoms with Crippen LogP contribution in [0.2, 0.25) is 0 Å². The largest absolute Gasteiger partial charge is 0.490 e. The van der Waals surface area contributed by atoms with Crippen LogP contribution in [0.3, 0.4) is 0 Å². The molecule has 0 aliphatic carbocycles. The van der Waals surface area contributed by atoms with Gasteiger partial charge in [0.25, 0.3) is 5.56 Å². The fourth-order valence-electron chi connectivity index (χ4n) is 4.70. The second-order valence-corrected chi connectivity index (χ2v) is 12.9. The van der Waals surface area contributed by atoms with Crippen LogP contribution in [-0.4, -0.2) is 30.9 Å². The number of methoxy groups -OCH3 is 1. The summed E-state index contributed by atoms with van der Waals surface area (Å²) >= 11 is 5.63. The summed E-state index contributed by atoms with van der Waals surface area (Å²) in [5.41, 5.74) is 2.05. The molecule has 8 nitrogen and oxygen atoms in total. The molecule has 0 spiro atoms. The number of hydrogen-bond acceptors (Lipinski definition) is 8. The highest BCUT2D eigenvalue weighted by Crippen LogP contribution is 2.35. The molecule has 0 fully saturated rings. The van der Waals surface area contributed by atoms with Gasteiger partial charge in [-0.25, -0.2) is 14.2 Å². The lowest BCUT2D eigenvalue weighted by molar-refractivity contribution is -0.136. The predicted octanol–water partition coefficient (Wildman–Crippen LogP) is 5.74. The molecule has 5 rings (SSSR count). The fraction of sp³-hybridized carbons (Fsp3) is 0.219. The highest BCUT2D eigenvalue weighted by molar-refractivity contribution is 14.1. The molecular weight excluding hydrogens is 813 g/mol. The van der Waals surface area contributed by atoms with Crippen LogP contribution in [0, 0.1) is 13.0 Å². The topological polar surface area (TPSA) is 88.4 Å². The minimum absolute atomic E-state index is 0.213. The van der Waals surface area contributed by atoms with Crippen molar-refractivity contribution in [2.45, 2.75) is 26.5 Å². The molecule has 2 heterocycles. The molecule has 0 amide bonds. The number of esters is 1. The number of nitrogens with zero attached hydrogens (tertiary/aromatic N) is 2. The highest BCUT2D eigenvalue weighted by atomic mass is 127. The maximum atomic E-state index is 14.1. The van der Waals surface area contributed by atoms with E-state index < -0.39 is 12.0 Å². The van der Waals surface area contributed by atoms with Gasteiger partial charge in [0.15, 0.2) is 16.3 Å². The maximum absolute atomic E-state index is 14.1. The number of aromatic nitrogens is 1. The van der Waals surface area contributed by atoms with Crippen molar-refractivity contribution in [1.29, 1.82) is 0 Å². The van der Waals surface area contributed by atoms with Crippen molar-refractivity contribution >= 4 is 68.6 Å². The van der Waals surface area contributed by atoms with Crippen molar-refractivity contribution in [2.75, 3.05) is 20.3 Å². The standard InChI is InChI=1S/C32H27FI2N2O6S/c1-4-41-25-11-8-19(13-26(25)42-5-2)28-23(31(39)40-3)16-36-32-37(28)30(38)27(44-32)14-20-12-22(34)15-24(35)29(20)43-17-18-6-9-21(33)10-7-18/h6-16,28H,4-5,17H2,1-3H3/b27-14+/t28-/m1/s1. The Labute approximate surface area is 284 Å². The molecule has 12 heteroatoms. The lowest BCUT2D eigenvalue weighted by Gasteiger charge is -2.23. The van der Waals surface area contributed by atoms with Gasteiger partial charge in [-0.2, -0.15) is 0 Å². The summed E-state index contributed by atoms with van der Waals surface area (Å²) < 4.78 is 40.0. The van der Waals surface area contributed by atoms with Crippen LogP contribution in [-0.2, 0) is 16.1 Å². The van der Waals surface area contributed by atoms with E-state index in [1.165, 1.54) is 41.3 Å². The van der Waals surface area contributed by atoms with Crippen LogP contribution >= 0.6 is 56.5 Å². The van der Waals surface area contributed by atoms with Crippen molar-refractivity contribution in [3.8, 4) is 17.2 Å². The van der Waals surface area contributed by atoms with E-state index in [4.69, 9.17) is 18.9 Å². The van der Waals surface area contributed by atoms with Gasteiger partial charge in [0.1, 0.15) is 18.2 Å². The molecule has 0 saturated heterocycles. The number of rotatable bonds is 10. The van der Waals surface area contributed by atoms with Gasteiger partial charge in [0, 0.05) is 15.3 Å². The minimum atomic E-state index is -0.805. The average molecular weight is 840 g/mol. The summed E-state index contributed by atoms with van der Waals surface area (Å²) in [6, 6.07) is 14.6. The number of benzene rings is 3. The average Bonchev–Trinajstić information content (AvgIpc) is 3.32. The minimum Gasteiger partial charge on any atom is -0.490 e. The molecule has 0 unspecified atom stereocenters. The van der Waals surface area contributed by atoms with E-state index in [2.05, 4.69) is 50.2 Å². The Hall–Kier alpha value is -3.24. The molecule has 0 saturated carbocycles. The smallest absolute Gasteiger partial charge is 0.337 e. The van der Waals surface area contributed by atoms with Crippen molar-refractivity contribution in [3.63, 3.8) is 0 Å². The third kappa shape index (κ3) is 6.86.